The molecule has 1 fully saturated rings. The second-order valence-electron chi connectivity index (χ2n) is 7.64. The molecule has 4 atom stereocenters. The van der Waals surface area contributed by atoms with E-state index in [2.05, 4.69) is 6.58 Å². The minimum Gasteiger partial charge on any atom is -0.478 e. The zero-order chi connectivity index (χ0) is 27.1. The maximum absolute atomic E-state index is 12.0. The summed E-state index contributed by atoms with van der Waals surface area (Å²) in [6.45, 7) is 3.41. The van der Waals surface area contributed by atoms with E-state index in [0.29, 0.717) is 6.42 Å². The largest absolute Gasteiger partial charge is 0.478 e. The van der Waals surface area contributed by atoms with Crippen LogP contribution in [0, 0.1) is 5.92 Å². The monoisotopic (exact) mass is 521 g/mol. The molecule has 0 radical (unpaired) electrons. The normalized spacial score (nSPS) is 19.9. The summed E-state index contributed by atoms with van der Waals surface area (Å²) in [5.74, 6) is -5.85. The van der Waals surface area contributed by atoms with E-state index < -0.39 is 49.0 Å². The second kappa shape index (κ2) is 11.7. The molecule has 0 saturated heterocycles. The van der Waals surface area contributed by atoms with Gasteiger partial charge in [0.1, 0.15) is 5.28 Å². The molecule has 13 heteroatoms. The number of carboxylic acids is 2. The minimum atomic E-state index is -4.10. The maximum atomic E-state index is 12.0. The molecule has 12 nitrogen and oxygen atoms in total. The summed E-state index contributed by atoms with van der Waals surface area (Å²) < 4.78 is 20.1. The Balaban J connectivity index is 0.000000380. The first-order valence-electron chi connectivity index (χ1n) is 10.3. The Bertz CT molecular complexity index is 1100. The van der Waals surface area contributed by atoms with Crippen molar-refractivity contribution < 1.29 is 53.2 Å². The van der Waals surface area contributed by atoms with Crippen LogP contribution >= 0.6 is 7.60 Å². The van der Waals surface area contributed by atoms with Crippen LogP contribution in [0.2, 0.25) is 0 Å². The summed E-state index contributed by atoms with van der Waals surface area (Å²) in [5, 5.41) is 17.2. The SMILES string of the molecule is C=C[C@H]1C[C@]1(N)P(=O)(O)O.O=C(O[C@@H](C(=O)O)[C@@H](OC(=O)c1ccccc1)C(=O)O)c1ccccc1. The molecule has 0 heterocycles. The maximum Gasteiger partial charge on any atom is 0.349 e. The number of esters is 2. The highest BCUT2D eigenvalue weighted by molar-refractivity contribution is 7.54. The molecular formula is C23H24NO11P. The Hall–Kier alpha value is -3.83. The Kier molecular flexibility index (Phi) is 9.26. The van der Waals surface area contributed by atoms with E-state index >= 15 is 0 Å². The lowest BCUT2D eigenvalue weighted by Gasteiger charge is -2.21. The Morgan fingerprint density at radius 2 is 1.25 bits per heavy atom. The standard InChI is InChI=1S/C18H14O8.C5H10NO3P/c19-15(20)13(25-17(23)11-7-3-1-4-8-11)14(16(21)22)26-18(24)12-9-5-2-6-10-12;1-2-4-3-5(4,6)10(7,8)9/h1-10,13-14H,(H,19,20)(H,21,22);2,4H,1,3,6H2,(H2,7,8,9)/t13-,14-;4-,5-/m10/s1. The third-order valence-electron chi connectivity index (χ3n) is 5.10. The van der Waals surface area contributed by atoms with Crippen LogP contribution in [0.3, 0.4) is 0 Å². The average molecular weight is 521 g/mol. The van der Waals surface area contributed by atoms with Crippen molar-refractivity contribution in [3.05, 3.63) is 84.4 Å². The lowest BCUT2D eigenvalue weighted by molar-refractivity contribution is -0.166. The third-order valence-corrected chi connectivity index (χ3v) is 6.70. The number of carbonyl (C=O) groups is 4. The summed E-state index contributed by atoms with van der Waals surface area (Å²) in [4.78, 5) is 64.2. The van der Waals surface area contributed by atoms with E-state index in [1.165, 1.54) is 54.6 Å². The molecule has 192 valence electrons. The van der Waals surface area contributed by atoms with Crippen LogP contribution in [-0.4, -0.2) is 61.4 Å². The molecule has 1 aliphatic rings. The predicted octanol–water partition coefficient (Wildman–Crippen LogP) is 1.63. The number of ether oxygens (including phenoxy) is 2. The fourth-order valence-electron chi connectivity index (χ4n) is 2.91. The lowest BCUT2D eigenvalue weighted by Crippen LogP contribution is -2.45. The predicted molar refractivity (Wildman–Crippen MR) is 124 cm³/mol. The van der Waals surface area contributed by atoms with Crippen LogP contribution in [-0.2, 0) is 23.6 Å². The number of hydrogen-bond acceptors (Lipinski definition) is 8. The summed E-state index contributed by atoms with van der Waals surface area (Å²) in [6, 6.07) is 14.8. The van der Waals surface area contributed by atoms with E-state index in [1.54, 1.807) is 12.1 Å². The topological polar surface area (TPSA) is 211 Å². The van der Waals surface area contributed by atoms with Crippen molar-refractivity contribution in [2.45, 2.75) is 23.9 Å². The van der Waals surface area contributed by atoms with E-state index in [-0.39, 0.29) is 17.0 Å². The molecular weight excluding hydrogens is 497 g/mol. The van der Waals surface area contributed by atoms with E-state index in [1.807, 2.05) is 0 Å². The first kappa shape index (κ1) is 28.4. The second-order valence-corrected chi connectivity index (χ2v) is 9.56. The van der Waals surface area contributed by atoms with Gasteiger partial charge in [0.15, 0.2) is 0 Å². The van der Waals surface area contributed by atoms with Crippen molar-refractivity contribution in [3.63, 3.8) is 0 Å². The van der Waals surface area contributed by atoms with Gasteiger partial charge in [-0.2, -0.15) is 0 Å². The summed E-state index contributed by atoms with van der Waals surface area (Å²) in [5.41, 5.74) is 5.39. The van der Waals surface area contributed by atoms with Gasteiger partial charge in [-0.3, -0.25) is 4.57 Å². The highest BCUT2D eigenvalue weighted by Crippen LogP contribution is 2.65. The molecule has 36 heavy (non-hydrogen) atoms. The number of carboxylic acid groups (broad SMARTS) is 2. The van der Waals surface area contributed by atoms with Crippen molar-refractivity contribution in [3.8, 4) is 0 Å². The molecule has 0 bridgehead atoms. The molecule has 2 aromatic rings. The van der Waals surface area contributed by atoms with Gasteiger partial charge in [0, 0.05) is 5.92 Å². The van der Waals surface area contributed by atoms with Crippen LogP contribution in [0.4, 0.5) is 0 Å². The number of rotatable bonds is 9. The summed E-state index contributed by atoms with van der Waals surface area (Å²) in [6.07, 6.45) is -2.60. The minimum absolute atomic E-state index is 0.0253. The van der Waals surface area contributed by atoms with Crippen LogP contribution < -0.4 is 5.73 Å². The number of nitrogens with two attached hydrogens (primary N) is 1. The van der Waals surface area contributed by atoms with Gasteiger partial charge in [-0.15, -0.1) is 6.58 Å². The average Bonchev–Trinajstić information content (AvgIpc) is 3.54. The Morgan fingerprint density at radius 3 is 1.47 bits per heavy atom. The van der Waals surface area contributed by atoms with Crippen LogP contribution in [0.15, 0.2) is 73.3 Å². The summed E-state index contributed by atoms with van der Waals surface area (Å²) >= 11 is 0. The van der Waals surface area contributed by atoms with Crippen LogP contribution in [0.25, 0.3) is 0 Å². The molecule has 0 spiro atoms. The number of carbonyl (C=O) groups excluding carboxylic acids is 2. The van der Waals surface area contributed by atoms with Gasteiger partial charge in [-0.05, 0) is 30.7 Å². The van der Waals surface area contributed by atoms with Crippen molar-refractivity contribution >= 4 is 31.5 Å². The molecule has 0 aromatic heterocycles. The van der Waals surface area contributed by atoms with E-state index in [0.717, 1.165) is 0 Å². The van der Waals surface area contributed by atoms with Crippen molar-refractivity contribution in [2.24, 2.45) is 11.7 Å². The van der Waals surface area contributed by atoms with Crippen molar-refractivity contribution in [1.29, 1.82) is 0 Å². The first-order chi connectivity index (χ1) is 16.8. The van der Waals surface area contributed by atoms with Crippen molar-refractivity contribution in [2.75, 3.05) is 0 Å². The molecule has 2 aromatic carbocycles. The zero-order valence-corrected chi connectivity index (χ0v) is 19.6. The molecule has 0 unspecified atom stereocenters. The highest BCUT2D eigenvalue weighted by Gasteiger charge is 2.61. The van der Waals surface area contributed by atoms with Gasteiger partial charge >= 0.3 is 31.5 Å². The van der Waals surface area contributed by atoms with Crippen LogP contribution in [0.1, 0.15) is 27.1 Å². The fraction of sp³-hybridized carbons (Fsp3) is 0.217. The fourth-order valence-corrected chi connectivity index (χ4v) is 3.89. The molecule has 1 aliphatic carbocycles. The number of aliphatic carboxylic acids is 2. The Morgan fingerprint density at radius 1 is 0.889 bits per heavy atom. The zero-order valence-electron chi connectivity index (χ0n) is 18.7. The van der Waals surface area contributed by atoms with Gasteiger partial charge in [0.2, 0.25) is 12.2 Å². The number of hydrogen-bond donors (Lipinski definition) is 5. The first-order valence-corrected chi connectivity index (χ1v) is 11.9. The van der Waals surface area contributed by atoms with Gasteiger partial charge in [0.25, 0.3) is 0 Å². The molecule has 1 saturated carbocycles. The lowest BCUT2D eigenvalue weighted by atomic mass is 10.1. The van der Waals surface area contributed by atoms with Gasteiger partial charge in [-0.1, -0.05) is 42.5 Å². The van der Waals surface area contributed by atoms with Crippen LogP contribution in [0.5, 0.6) is 0 Å². The molecule has 0 amide bonds. The Labute approximate surface area is 205 Å². The highest BCUT2D eigenvalue weighted by atomic mass is 31.2. The van der Waals surface area contributed by atoms with Gasteiger partial charge < -0.3 is 35.2 Å². The van der Waals surface area contributed by atoms with E-state index in [9.17, 15) is 34.0 Å². The van der Waals surface area contributed by atoms with Gasteiger partial charge in [0.05, 0.1) is 11.1 Å². The number of benzene rings is 2. The third kappa shape index (κ3) is 7.09. The molecule has 3 rings (SSSR count). The van der Waals surface area contributed by atoms with Gasteiger partial charge in [-0.25, -0.2) is 19.2 Å². The van der Waals surface area contributed by atoms with Crippen molar-refractivity contribution in [1.82, 2.24) is 0 Å². The molecule has 6 N–H and O–H groups in total. The molecule has 0 aliphatic heterocycles. The quantitative estimate of drug-likeness (QED) is 0.181. The van der Waals surface area contributed by atoms with E-state index in [4.69, 9.17) is 25.0 Å². The summed E-state index contributed by atoms with van der Waals surface area (Å²) in [7, 11) is -4.10. The smallest absolute Gasteiger partial charge is 0.349 e.